The normalized spacial score (nSPS) is 23.2. The van der Waals surface area contributed by atoms with Crippen LogP contribution in [0.15, 0.2) is 18.2 Å². The van der Waals surface area contributed by atoms with Gasteiger partial charge in [0.25, 0.3) is 0 Å². The van der Waals surface area contributed by atoms with E-state index in [1.165, 1.54) is 0 Å². The van der Waals surface area contributed by atoms with Crippen molar-refractivity contribution in [3.8, 4) is 0 Å². The van der Waals surface area contributed by atoms with E-state index < -0.39 is 17.3 Å². The van der Waals surface area contributed by atoms with E-state index in [0.717, 1.165) is 6.42 Å². The highest BCUT2D eigenvalue weighted by atomic mass is 35.5. The van der Waals surface area contributed by atoms with Gasteiger partial charge >= 0.3 is 5.97 Å². The van der Waals surface area contributed by atoms with E-state index in [0.29, 0.717) is 41.4 Å². The van der Waals surface area contributed by atoms with Crippen molar-refractivity contribution in [1.82, 2.24) is 4.90 Å². The summed E-state index contributed by atoms with van der Waals surface area (Å²) in [6, 6.07) is 5.24. The highest BCUT2D eigenvalue weighted by molar-refractivity contribution is 6.36. The van der Waals surface area contributed by atoms with E-state index in [2.05, 4.69) is 0 Å². The van der Waals surface area contributed by atoms with E-state index in [-0.39, 0.29) is 12.5 Å². The number of hydrogen-bond acceptors (Lipinski definition) is 2. The third-order valence-electron chi connectivity index (χ3n) is 4.66. The minimum Gasteiger partial charge on any atom is -0.481 e. The monoisotopic (exact) mass is 341 g/mol. The SMILES string of the molecule is O=C(O)C1CCCN(C(=O)C2(c3c(Cl)cccc3Cl)CC2)C1. The molecule has 2 aliphatic rings. The quantitative estimate of drug-likeness (QED) is 0.917. The van der Waals surface area contributed by atoms with E-state index in [4.69, 9.17) is 23.2 Å². The van der Waals surface area contributed by atoms with E-state index >= 15 is 0 Å². The fourth-order valence-electron chi connectivity index (χ4n) is 3.32. The lowest BCUT2D eigenvalue weighted by Gasteiger charge is -2.34. The smallest absolute Gasteiger partial charge is 0.308 e. The fraction of sp³-hybridized carbons (Fsp3) is 0.500. The second-order valence-electron chi connectivity index (χ2n) is 6.11. The summed E-state index contributed by atoms with van der Waals surface area (Å²) >= 11 is 12.5. The Hall–Kier alpha value is -1.26. The molecular formula is C16H17Cl2NO3. The van der Waals surface area contributed by atoms with Gasteiger partial charge in [-0.3, -0.25) is 9.59 Å². The van der Waals surface area contributed by atoms with Crippen molar-refractivity contribution in [2.24, 2.45) is 5.92 Å². The van der Waals surface area contributed by atoms with Crippen molar-refractivity contribution in [3.63, 3.8) is 0 Å². The average Bonchev–Trinajstić information content (AvgIpc) is 3.28. The van der Waals surface area contributed by atoms with E-state index in [9.17, 15) is 14.7 Å². The second-order valence-corrected chi connectivity index (χ2v) is 6.92. The van der Waals surface area contributed by atoms with Crippen LogP contribution in [0, 0.1) is 5.92 Å². The van der Waals surface area contributed by atoms with Crippen molar-refractivity contribution >= 4 is 35.1 Å². The number of aliphatic carboxylic acids is 1. The maximum atomic E-state index is 13.0. The largest absolute Gasteiger partial charge is 0.481 e. The number of carbonyl (C=O) groups is 2. The molecule has 118 valence electrons. The number of carboxylic acid groups (broad SMARTS) is 1. The minimum absolute atomic E-state index is 0.0338. The van der Waals surface area contributed by atoms with E-state index in [1.54, 1.807) is 23.1 Å². The Balaban J connectivity index is 1.87. The molecule has 1 unspecified atom stereocenters. The lowest BCUT2D eigenvalue weighted by Crippen LogP contribution is -2.46. The van der Waals surface area contributed by atoms with Crippen molar-refractivity contribution in [1.29, 1.82) is 0 Å². The molecular weight excluding hydrogens is 325 g/mol. The van der Waals surface area contributed by atoms with Crippen LogP contribution in [0.3, 0.4) is 0 Å². The molecule has 1 amide bonds. The third kappa shape index (κ3) is 2.59. The van der Waals surface area contributed by atoms with Crippen LogP contribution >= 0.6 is 23.2 Å². The van der Waals surface area contributed by atoms with Gasteiger partial charge < -0.3 is 10.0 Å². The predicted molar refractivity (Wildman–Crippen MR) is 84.3 cm³/mol. The molecule has 6 heteroatoms. The fourth-order valence-corrected chi connectivity index (χ4v) is 4.08. The molecule has 1 atom stereocenters. The lowest BCUT2D eigenvalue weighted by atomic mass is 9.91. The first-order valence-corrected chi connectivity index (χ1v) is 8.18. The number of halogens is 2. The summed E-state index contributed by atoms with van der Waals surface area (Å²) in [5, 5.41) is 10.2. The summed E-state index contributed by atoms with van der Waals surface area (Å²) in [6.07, 6.45) is 2.76. The number of likely N-dealkylation sites (tertiary alicyclic amines) is 1. The molecule has 1 aromatic carbocycles. The lowest BCUT2D eigenvalue weighted by molar-refractivity contribution is -0.146. The Labute approximate surface area is 139 Å². The molecule has 4 nitrogen and oxygen atoms in total. The molecule has 0 radical (unpaired) electrons. The van der Waals surface area contributed by atoms with Crippen LogP contribution in [-0.2, 0) is 15.0 Å². The molecule has 1 aliphatic carbocycles. The molecule has 1 aliphatic heterocycles. The molecule has 22 heavy (non-hydrogen) atoms. The van der Waals surface area contributed by atoms with Gasteiger partial charge in [-0.15, -0.1) is 0 Å². The number of hydrogen-bond donors (Lipinski definition) is 1. The maximum absolute atomic E-state index is 13.0. The van der Waals surface area contributed by atoms with Crippen LogP contribution in [0.25, 0.3) is 0 Å². The van der Waals surface area contributed by atoms with Crippen LogP contribution in [-0.4, -0.2) is 35.0 Å². The number of carbonyl (C=O) groups excluding carboxylic acids is 1. The molecule has 3 rings (SSSR count). The van der Waals surface area contributed by atoms with Crippen LogP contribution in [0.4, 0.5) is 0 Å². The Morgan fingerprint density at radius 2 is 1.86 bits per heavy atom. The van der Waals surface area contributed by atoms with Gasteiger partial charge in [-0.05, 0) is 37.8 Å². The summed E-state index contributed by atoms with van der Waals surface area (Å²) in [5.41, 5.74) is 0.0382. The summed E-state index contributed by atoms with van der Waals surface area (Å²) in [5.74, 6) is -1.35. The molecule has 1 aromatic rings. The van der Waals surface area contributed by atoms with Gasteiger partial charge in [0.1, 0.15) is 0 Å². The average molecular weight is 342 g/mol. The Kier molecular flexibility index (Phi) is 4.08. The highest BCUT2D eigenvalue weighted by Gasteiger charge is 2.55. The van der Waals surface area contributed by atoms with Gasteiger partial charge in [-0.1, -0.05) is 29.3 Å². The van der Waals surface area contributed by atoms with Gasteiger partial charge in [-0.2, -0.15) is 0 Å². The first kappa shape index (κ1) is 15.6. The van der Waals surface area contributed by atoms with Crippen LogP contribution < -0.4 is 0 Å². The number of amides is 1. The summed E-state index contributed by atoms with van der Waals surface area (Å²) in [7, 11) is 0. The standard InChI is InChI=1S/C16H17Cl2NO3/c17-11-4-1-5-12(18)13(11)16(6-7-16)15(22)19-8-2-3-10(9-19)14(20)21/h1,4-5,10H,2-3,6-9H2,(H,20,21). The summed E-state index contributed by atoms with van der Waals surface area (Å²) < 4.78 is 0. The van der Waals surface area contributed by atoms with Crippen molar-refractivity contribution in [2.75, 3.05) is 13.1 Å². The molecule has 1 saturated heterocycles. The Morgan fingerprint density at radius 1 is 1.23 bits per heavy atom. The number of rotatable bonds is 3. The first-order valence-electron chi connectivity index (χ1n) is 7.42. The molecule has 1 saturated carbocycles. The number of carboxylic acids is 1. The molecule has 0 bridgehead atoms. The Bertz CT molecular complexity index is 608. The van der Waals surface area contributed by atoms with E-state index in [1.807, 2.05) is 0 Å². The minimum atomic E-state index is -0.835. The molecule has 0 aromatic heterocycles. The van der Waals surface area contributed by atoms with Crippen LogP contribution in [0.1, 0.15) is 31.2 Å². The zero-order chi connectivity index (χ0) is 15.9. The topological polar surface area (TPSA) is 57.6 Å². The maximum Gasteiger partial charge on any atom is 0.308 e. The zero-order valence-electron chi connectivity index (χ0n) is 12.0. The number of piperidine rings is 1. The molecule has 0 spiro atoms. The summed E-state index contributed by atoms with van der Waals surface area (Å²) in [4.78, 5) is 25.8. The molecule has 1 heterocycles. The van der Waals surface area contributed by atoms with Crippen molar-refractivity contribution in [3.05, 3.63) is 33.8 Å². The second kappa shape index (κ2) is 5.74. The number of nitrogens with zero attached hydrogens (tertiary/aromatic N) is 1. The van der Waals surface area contributed by atoms with Crippen LogP contribution in [0.2, 0.25) is 10.0 Å². The zero-order valence-corrected chi connectivity index (χ0v) is 13.5. The van der Waals surface area contributed by atoms with Crippen molar-refractivity contribution < 1.29 is 14.7 Å². The third-order valence-corrected chi connectivity index (χ3v) is 5.29. The number of benzene rings is 1. The Morgan fingerprint density at radius 3 is 2.41 bits per heavy atom. The predicted octanol–water partition coefficient (Wildman–Crippen LogP) is 3.35. The van der Waals surface area contributed by atoms with Gasteiger partial charge in [0.15, 0.2) is 0 Å². The van der Waals surface area contributed by atoms with Crippen LogP contribution in [0.5, 0.6) is 0 Å². The first-order chi connectivity index (χ1) is 10.5. The highest BCUT2D eigenvalue weighted by Crippen LogP contribution is 2.54. The van der Waals surface area contributed by atoms with Gasteiger partial charge in [0.2, 0.25) is 5.91 Å². The van der Waals surface area contributed by atoms with Gasteiger partial charge in [-0.25, -0.2) is 0 Å². The van der Waals surface area contributed by atoms with Crippen molar-refractivity contribution in [2.45, 2.75) is 31.1 Å². The van der Waals surface area contributed by atoms with Gasteiger partial charge in [0, 0.05) is 28.7 Å². The summed E-state index contributed by atoms with van der Waals surface area (Å²) in [6.45, 7) is 0.879. The van der Waals surface area contributed by atoms with Gasteiger partial charge in [0.05, 0.1) is 11.3 Å². The molecule has 1 N–H and O–H groups in total. The molecule has 2 fully saturated rings.